The first-order valence-corrected chi connectivity index (χ1v) is 8.44. The van der Waals surface area contributed by atoms with Gasteiger partial charge in [0.15, 0.2) is 4.34 Å². The summed E-state index contributed by atoms with van der Waals surface area (Å²) in [6, 6.07) is 0.538. The topological polar surface area (TPSA) is 64.1 Å². The molecule has 1 aromatic rings. The highest BCUT2D eigenvalue weighted by Crippen LogP contribution is 2.33. The Morgan fingerprint density at radius 2 is 2.05 bits per heavy atom. The average molecular weight is 299 g/mol. The molecule has 1 unspecified atom stereocenters. The van der Waals surface area contributed by atoms with Crippen LogP contribution in [0.1, 0.15) is 38.5 Å². The van der Waals surface area contributed by atoms with E-state index in [-0.39, 0.29) is 11.2 Å². The number of thioether (sulfide) groups is 1. The first-order chi connectivity index (χ1) is 9.31. The number of aromatic nitrogens is 2. The maximum Gasteiger partial charge on any atom is 0.319 e. The Morgan fingerprint density at radius 1 is 1.21 bits per heavy atom. The predicted octanol–water partition coefficient (Wildman–Crippen LogP) is 2.69. The van der Waals surface area contributed by atoms with E-state index in [0.29, 0.717) is 12.6 Å². The number of hydrogen-bond acceptors (Lipinski definition) is 7. The standard InChI is InChI=1S/C12H17N3O2S2/c16-10-9(6-7-17-10)18-12-15-14-11(19-12)13-8-4-2-1-3-5-8/h8-9H,1-7H2,(H,13,14). The van der Waals surface area contributed by atoms with Gasteiger partial charge in [-0.2, -0.15) is 0 Å². The van der Waals surface area contributed by atoms with Crippen molar-refractivity contribution in [1.82, 2.24) is 10.2 Å². The highest BCUT2D eigenvalue weighted by atomic mass is 32.2. The molecule has 1 N–H and O–H groups in total. The number of nitrogens with one attached hydrogen (secondary N) is 1. The molecule has 5 nitrogen and oxygen atoms in total. The average Bonchev–Trinajstić information content (AvgIpc) is 3.02. The third-order valence-electron chi connectivity index (χ3n) is 3.47. The van der Waals surface area contributed by atoms with Crippen molar-refractivity contribution in [1.29, 1.82) is 0 Å². The second-order valence-electron chi connectivity index (χ2n) is 4.92. The molecule has 0 spiro atoms. The number of esters is 1. The lowest BCUT2D eigenvalue weighted by Gasteiger charge is -2.21. The van der Waals surface area contributed by atoms with Crippen LogP contribution in [0.5, 0.6) is 0 Å². The third-order valence-corrected chi connectivity index (χ3v) is 5.65. The van der Waals surface area contributed by atoms with Crippen LogP contribution < -0.4 is 5.32 Å². The van der Waals surface area contributed by atoms with Gasteiger partial charge in [0.25, 0.3) is 0 Å². The molecule has 3 rings (SSSR count). The van der Waals surface area contributed by atoms with Crippen LogP contribution in [0.25, 0.3) is 0 Å². The number of ether oxygens (including phenoxy) is 1. The molecule has 0 bridgehead atoms. The largest absolute Gasteiger partial charge is 0.465 e. The minimum atomic E-state index is -0.123. The SMILES string of the molecule is O=C1OCCC1Sc1nnc(NC2CCCCC2)s1. The fourth-order valence-electron chi connectivity index (χ4n) is 2.44. The van der Waals surface area contributed by atoms with E-state index in [1.165, 1.54) is 55.2 Å². The van der Waals surface area contributed by atoms with Crippen molar-refractivity contribution < 1.29 is 9.53 Å². The molecule has 2 aliphatic rings. The number of anilines is 1. The predicted molar refractivity (Wildman–Crippen MR) is 75.6 cm³/mol. The maximum absolute atomic E-state index is 11.4. The molecule has 1 aromatic heterocycles. The molecule has 2 heterocycles. The van der Waals surface area contributed by atoms with Crippen LogP contribution in [0.3, 0.4) is 0 Å². The van der Waals surface area contributed by atoms with Gasteiger partial charge in [0.2, 0.25) is 5.13 Å². The first-order valence-electron chi connectivity index (χ1n) is 6.74. The zero-order chi connectivity index (χ0) is 13.1. The summed E-state index contributed by atoms with van der Waals surface area (Å²) in [4.78, 5) is 11.4. The number of carbonyl (C=O) groups excluding carboxylic acids is 1. The summed E-state index contributed by atoms with van der Waals surface area (Å²) in [6.45, 7) is 0.530. The van der Waals surface area contributed by atoms with Crippen molar-refractivity contribution in [2.75, 3.05) is 11.9 Å². The maximum atomic E-state index is 11.4. The molecule has 1 aliphatic heterocycles. The van der Waals surface area contributed by atoms with Crippen LogP contribution in [0, 0.1) is 0 Å². The van der Waals surface area contributed by atoms with Gasteiger partial charge in [-0.05, 0) is 12.8 Å². The molecular formula is C12H17N3O2S2. The van der Waals surface area contributed by atoms with E-state index in [1.807, 2.05) is 0 Å². The smallest absolute Gasteiger partial charge is 0.319 e. The number of rotatable bonds is 4. The Morgan fingerprint density at radius 3 is 2.79 bits per heavy atom. The Labute approximate surface area is 120 Å². The lowest BCUT2D eigenvalue weighted by molar-refractivity contribution is -0.137. The molecule has 0 radical (unpaired) electrons. The molecule has 104 valence electrons. The van der Waals surface area contributed by atoms with Gasteiger partial charge in [0, 0.05) is 12.5 Å². The van der Waals surface area contributed by atoms with Crippen molar-refractivity contribution in [3.63, 3.8) is 0 Å². The minimum Gasteiger partial charge on any atom is -0.465 e. The fraction of sp³-hybridized carbons (Fsp3) is 0.750. The number of nitrogens with zero attached hydrogens (tertiary/aromatic N) is 2. The van der Waals surface area contributed by atoms with Gasteiger partial charge in [-0.3, -0.25) is 4.79 Å². The van der Waals surface area contributed by atoms with Gasteiger partial charge in [-0.1, -0.05) is 42.4 Å². The van der Waals surface area contributed by atoms with Crippen LogP contribution in [0.2, 0.25) is 0 Å². The van der Waals surface area contributed by atoms with Crippen molar-refractivity contribution in [3.8, 4) is 0 Å². The van der Waals surface area contributed by atoms with E-state index in [0.717, 1.165) is 15.9 Å². The number of cyclic esters (lactones) is 1. The van der Waals surface area contributed by atoms with Crippen molar-refractivity contribution in [3.05, 3.63) is 0 Å². The van der Waals surface area contributed by atoms with E-state index < -0.39 is 0 Å². The number of hydrogen-bond donors (Lipinski definition) is 1. The molecular weight excluding hydrogens is 282 g/mol. The van der Waals surface area contributed by atoms with Crippen LogP contribution in [0.15, 0.2) is 4.34 Å². The van der Waals surface area contributed by atoms with Gasteiger partial charge < -0.3 is 10.1 Å². The van der Waals surface area contributed by atoms with Crippen molar-refractivity contribution in [2.45, 2.75) is 54.2 Å². The van der Waals surface area contributed by atoms with Crippen molar-refractivity contribution >= 4 is 34.2 Å². The Hall–Kier alpha value is -0.820. The second-order valence-corrected chi connectivity index (χ2v) is 7.34. The summed E-state index contributed by atoms with van der Waals surface area (Å²) in [5, 5.41) is 12.5. The lowest BCUT2D eigenvalue weighted by Crippen LogP contribution is -2.21. The van der Waals surface area contributed by atoms with Gasteiger partial charge in [-0.15, -0.1) is 10.2 Å². The number of carbonyl (C=O) groups is 1. The zero-order valence-electron chi connectivity index (χ0n) is 10.6. The molecule has 0 amide bonds. The second kappa shape index (κ2) is 6.09. The summed E-state index contributed by atoms with van der Waals surface area (Å²) in [5.74, 6) is -0.123. The highest BCUT2D eigenvalue weighted by Gasteiger charge is 2.28. The van der Waals surface area contributed by atoms with Crippen molar-refractivity contribution in [2.24, 2.45) is 0 Å². The Kier molecular flexibility index (Phi) is 4.22. The molecule has 0 aromatic carbocycles. The lowest BCUT2D eigenvalue weighted by atomic mass is 9.96. The summed E-state index contributed by atoms with van der Waals surface area (Å²) >= 11 is 3.01. The zero-order valence-corrected chi connectivity index (χ0v) is 12.3. The fourth-order valence-corrected chi connectivity index (χ4v) is 4.49. The molecule has 2 fully saturated rings. The minimum absolute atomic E-state index is 0.101. The third kappa shape index (κ3) is 3.39. The van der Waals surface area contributed by atoms with Crippen LogP contribution in [0.4, 0.5) is 5.13 Å². The summed E-state index contributed by atoms with van der Waals surface area (Å²) in [5.41, 5.74) is 0. The summed E-state index contributed by atoms with van der Waals surface area (Å²) in [6.07, 6.45) is 7.15. The van der Waals surface area contributed by atoms with Gasteiger partial charge in [0.05, 0.1) is 6.61 Å². The molecule has 1 aliphatic carbocycles. The molecule has 19 heavy (non-hydrogen) atoms. The van der Waals surface area contributed by atoms with E-state index in [9.17, 15) is 4.79 Å². The Bertz CT molecular complexity index is 446. The normalized spacial score (nSPS) is 24.4. The molecule has 1 atom stereocenters. The van der Waals surface area contributed by atoms with Gasteiger partial charge in [0.1, 0.15) is 5.25 Å². The van der Waals surface area contributed by atoms with Crippen LogP contribution in [-0.2, 0) is 9.53 Å². The molecule has 1 saturated heterocycles. The van der Waals surface area contributed by atoms with Gasteiger partial charge >= 0.3 is 5.97 Å². The quantitative estimate of drug-likeness (QED) is 0.862. The van der Waals surface area contributed by atoms with Crippen LogP contribution in [-0.4, -0.2) is 34.1 Å². The molecule has 7 heteroatoms. The highest BCUT2D eigenvalue weighted by molar-refractivity contribution is 8.02. The van der Waals surface area contributed by atoms with E-state index in [2.05, 4.69) is 15.5 Å². The first kappa shape index (κ1) is 13.2. The van der Waals surface area contributed by atoms with E-state index in [4.69, 9.17) is 4.74 Å². The van der Waals surface area contributed by atoms with E-state index in [1.54, 1.807) is 0 Å². The summed E-state index contributed by atoms with van der Waals surface area (Å²) in [7, 11) is 0. The van der Waals surface area contributed by atoms with Gasteiger partial charge in [-0.25, -0.2) is 0 Å². The summed E-state index contributed by atoms with van der Waals surface area (Å²) < 4.78 is 5.80. The van der Waals surface area contributed by atoms with Crippen LogP contribution >= 0.6 is 23.1 Å². The molecule has 1 saturated carbocycles. The van der Waals surface area contributed by atoms with E-state index >= 15 is 0 Å². The monoisotopic (exact) mass is 299 g/mol. The Balaban J connectivity index is 1.55.